The standard InChI is InChI=1S/C11H21NO3/c1-5-7-8-11(6-2,10(14)15)12(4)9(3)13/h5-8H2,1-4H3,(H,14,15). The Bertz CT molecular complexity index is 240. The number of likely N-dealkylation sites (N-methyl/N-ethyl adjacent to an activating group) is 1. The molecule has 0 aliphatic rings. The number of carbonyl (C=O) groups excluding carboxylic acids is 1. The molecule has 0 fully saturated rings. The van der Waals surface area contributed by atoms with Crippen molar-refractivity contribution in [3.63, 3.8) is 0 Å². The van der Waals surface area contributed by atoms with E-state index in [1.807, 2.05) is 13.8 Å². The minimum atomic E-state index is -1.03. The molecule has 15 heavy (non-hydrogen) atoms. The topological polar surface area (TPSA) is 57.6 Å². The van der Waals surface area contributed by atoms with Gasteiger partial charge in [-0.3, -0.25) is 4.79 Å². The fourth-order valence-electron chi connectivity index (χ4n) is 1.75. The summed E-state index contributed by atoms with van der Waals surface area (Å²) < 4.78 is 0. The Morgan fingerprint density at radius 3 is 2.13 bits per heavy atom. The van der Waals surface area contributed by atoms with E-state index in [9.17, 15) is 14.7 Å². The van der Waals surface area contributed by atoms with Crippen molar-refractivity contribution in [2.75, 3.05) is 7.05 Å². The second kappa shape index (κ2) is 5.73. The van der Waals surface area contributed by atoms with Gasteiger partial charge in [0, 0.05) is 14.0 Å². The number of carboxylic acids is 1. The highest BCUT2D eigenvalue weighted by molar-refractivity contribution is 5.85. The molecule has 0 rings (SSSR count). The lowest BCUT2D eigenvalue weighted by Crippen LogP contribution is -2.54. The molecule has 0 aliphatic heterocycles. The monoisotopic (exact) mass is 215 g/mol. The molecule has 0 saturated heterocycles. The number of amides is 1. The van der Waals surface area contributed by atoms with Crippen LogP contribution < -0.4 is 0 Å². The van der Waals surface area contributed by atoms with Gasteiger partial charge in [0.1, 0.15) is 5.54 Å². The van der Waals surface area contributed by atoms with Crippen LogP contribution in [0.1, 0.15) is 46.5 Å². The molecule has 0 bridgehead atoms. The number of hydrogen-bond donors (Lipinski definition) is 1. The molecule has 0 radical (unpaired) electrons. The normalized spacial score (nSPS) is 14.4. The Morgan fingerprint density at radius 1 is 1.33 bits per heavy atom. The fraction of sp³-hybridized carbons (Fsp3) is 0.818. The summed E-state index contributed by atoms with van der Waals surface area (Å²) in [5, 5.41) is 9.28. The maximum atomic E-state index is 11.3. The van der Waals surface area contributed by atoms with Crippen LogP contribution in [0.25, 0.3) is 0 Å². The van der Waals surface area contributed by atoms with Gasteiger partial charge in [0.2, 0.25) is 5.91 Å². The Kier molecular flexibility index (Phi) is 5.33. The summed E-state index contributed by atoms with van der Waals surface area (Å²) in [6.45, 7) is 5.22. The van der Waals surface area contributed by atoms with Crippen molar-refractivity contribution in [3.8, 4) is 0 Å². The van der Waals surface area contributed by atoms with Crippen LogP contribution in [-0.4, -0.2) is 34.5 Å². The van der Waals surface area contributed by atoms with E-state index in [2.05, 4.69) is 0 Å². The molecular formula is C11H21NO3. The third kappa shape index (κ3) is 2.94. The van der Waals surface area contributed by atoms with Gasteiger partial charge in [0.05, 0.1) is 0 Å². The molecule has 0 aromatic carbocycles. The molecule has 1 N–H and O–H groups in total. The van der Waals surface area contributed by atoms with Crippen LogP contribution in [0.2, 0.25) is 0 Å². The molecule has 1 amide bonds. The Hall–Kier alpha value is -1.06. The molecule has 88 valence electrons. The van der Waals surface area contributed by atoms with Crippen LogP contribution in [0.15, 0.2) is 0 Å². The molecule has 0 aliphatic carbocycles. The number of carbonyl (C=O) groups is 2. The van der Waals surface area contributed by atoms with Gasteiger partial charge in [-0.25, -0.2) is 4.79 Å². The predicted molar refractivity (Wildman–Crippen MR) is 58.6 cm³/mol. The van der Waals surface area contributed by atoms with Gasteiger partial charge in [0.15, 0.2) is 0 Å². The lowest BCUT2D eigenvalue weighted by molar-refractivity contribution is -0.158. The molecule has 0 aromatic rings. The maximum Gasteiger partial charge on any atom is 0.329 e. The van der Waals surface area contributed by atoms with Gasteiger partial charge < -0.3 is 10.0 Å². The molecule has 1 unspecified atom stereocenters. The number of aliphatic carboxylic acids is 1. The zero-order valence-corrected chi connectivity index (χ0v) is 10.0. The summed E-state index contributed by atoms with van der Waals surface area (Å²) in [6.07, 6.45) is 2.71. The van der Waals surface area contributed by atoms with Crippen molar-refractivity contribution in [2.24, 2.45) is 0 Å². The van der Waals surface area contributed by atoms with E-state index in [0.717, 1.165) is 12.8 Å². The average molecular weight is 215 g/mol. The van der Waals surface area contributed by atoms with Gasteiger partial charge in [-0.05, 0) is 12.8 Å². The lowest BCUT2D eigenvalue weighted by Gasteiger charge is -2.37. The SMILES string of the molecule is CCCCC(CC)(C(=O)O)N(C)C(C)=O. The highest BCUT2D eigenvalue weighted by Gasteiger charge is 2.41. The Morgan fingerprint density at radius 2 is 1.87 bits per heavy atom. The van der Waals surface area contributed by atoms with Crippen molar-refractivity contribution in [3.05, 3.63) is 0 Å². The zero-order valence-electron chi connectivity index (χ0n) is 10.0. The number of carboxylic acid groups (broad SMARTS) is 1. The van der Waals surface area contributed by atoms with Crippen LogP contribution in [0.3, 0.4) is 0 Å². The average Bonchev–Trinajstić information content (AvgIpc) is 2.18. The van der Waals surface area contributed by atoms with Crippen LogP contribution in [0.5, 0.6) is 0 Å². The second-order valence-electron chi connectivity index (χ2n) is 3.87. The van der Waals surface area contributed by atoms with Gasteiger partial charge in [-0.1, -0.05) is 26.7 Å². The third-order valence-corrected chi connectivity index (χ3v) is 3.04. The third-order valence-electron chi connectivity index (χ3n) is 3.04. The summed E-state index contributed by atoms with van der Waals surface area (Å²) >= 11 is 0. The van der Waals surface area contributed by atoms with Gasteiger partial charge in [-0.15, -0.1) is 0 Å². The number of hydrogen-bond acceptors (Lipinski definition) is 2. The first-order chi connectivity index (χ1) is 6.92. The summed E-state index contributed by atoms with van der Waals surface area (Å²) in [5.74, 6) is -1.11. The van der Waals surface area contributed by atoms with Crippen LogP contribution in [0, 0.1) is 0 Å². The molecule has 1 atom stereocenters. The van der Waals surface area contributed by atoms with Crippen LogP contribution in [-0.2, 0) is 9.59 Å². The largest absolute Gasteiger partial charge is 0.479 e. The molecule has 4 nitrogen and oxygen atoms in total. The van der Waals surface area contributed by atoms with Crippen molar-refractivity contribution < 1.29 is 14.7 Å². The zero-order chi connectivity index (χ0) is 12.1. The highest BCUT2D eigenvalue weighted by Crippen LogP contribution is 2.25. The smallest absolute Gasteiger partial charge is 0.329 e. The molecule has 0 aromatic heterocycles. The Labute approximate surface area is 91.3 Å². The van der Waals surface area contributed by atoms with E-state index in [1.54, 1.807) is 7.05 Å². The van der Waals surface area contributed by atoms with Crippen LogP contribution in [0.4, 0.5) is 0 Å². The molecule has 0 saturated carbocycles. The van der Waals surface area contributed by atoms with Crippen molar-refractivity contribution >= 4 is 11.9 Å². The Balaban J connectivity index is 4.96. The molecule has 4 heteroatoms. The van der Waals surface area contributed by atoms with E-state index in [0.29, 0.717) is 12.8 Å². The molecule has 0 spiro atoms. The molecular weight excluding hydrogens is 194 g/mol. The maximum absolute atomic E-state index is 11.3. The second-order valence-corrected chi connectivity index (χ2v) is 3.87. The minimum Gasteiger partial charge on any atom is -0.479 e. The van der Waals surface area contributed by atoms with Crippen molar-refractivity contribution in [2.45, 2.75) is 52.0 Å². The summed E-state index contributed by atoms with van der Waals surface area (Å²) in [6, 6.07) is 0. The predicted octanol–water partition coefficient (Wildman–Crippen LogP) is 1.89. The van der Waals surface area contributed by atoms with Crippen LogP contribution >= 0.6 is 0 Å². The van der Waals surface area contributed by atoms with Crippen molar-refractivity contribution in [1.29, 1.82) is 0 Å². The lowest BCUT2D eigenvalue weighted by atomic mass is 9.88. The number of unbranched alkanes of at least 4 members (excludes halogenated alkanes) is 1. The van der Waals surface area contributed by atoms with E-state index in [-0.39, 0.29) is 5.91 Å². The fourth-order valence-corrected chi connectivity index (χ4v) is 1.75. The number of nitrogens with zero attached hydrogens (tertiary/aromatic N) is 1. The minimum absolute atomic E-state index is 0.199. The van der Waals surface area contributed by atoms with Gasteiger partial charge in [0.25, 0.3) is 0 Å². The summed E-state index contributed by atoms with van der Waals surface area (Å²) in [4.78, 5) is 23.9. The first-order valence-corrected chi connectivity index (χ1v) is 5.40. The van der Waals surface area contributed by atoms with Crippen molar-refractivity contribution in [1.82, 2.24) is 4.90 Å². The summed E-state index contributed by atoms with van der Waals surface area (Å²) in [5.41, 5.74) is -1.03. The quantitative estimate of drug-likeness (QED) is 0.736. The number of rotatable bonds is 6. The van der Waals surface area contributed by atoms with Gasteiger partial charge in [-0.2, -0.15) is 0 Å². The van der Waals surface area contributed by atoms with E-state index >= 15 is 0 Å². The summed E-state index contributed by atoms with van der Waals surface area (Å²) in [7, 11) is 1.57. The van der Waals surface area contributed by atoms with E-state index < -0.39 is 11.5 Å². The highest BCUT2D eigenvalue weighted by atomic mass is 16.4. The molecule has 0 heterocycles. The van der Waals surface area contributed by atoms with E-state index in [1.165, 1.54) is 11.8 Å². The van der Waals surface area contributed by atoms with E-state index in [4.69, 9.17) is 0 Å². The first-order valence-electron chi connectivity index (χ1n) is 5.40. The van der Waals surface area contributed by atoms with Gasteiger partial charge >= 0.3 is 5.97 Å². The first kappa shape index (κ1) is 13.9.